The maximum Gasteiger partial charge on any atom is 0.264 e. The second kappa shape index (κ2) is 8.90. The van der Waals surface area contributed by atoms with Gasteiger partial charge in [-0.15, -0.1) is 0 Å². The van der Waals surface area contributed by atoms with Crippen molar-refractivity contribution in [2.24, 2.45) is 0 Å². The van der Waals surface area contributed by atoms with Gasteiger partial charge in [-0.25, -0.2) is 8.42 Å². The lowest BCUT2D eigenvalue weighted by Crippen LogP contribution is -2.38. The van der Waals surface area contributed by atoms with Crippen LogP contribution in [0.2, 0.25) is 5.02 Å². The van der Waals surface area contributed by atoms with Crippen molar-refractivity contribution >= 4 is 38.9 Å². The number of halogens is 1. The number of carbonyl (C=O) groups is 1. The van der Waals surface area contributed by atoms with Gasteiger partial charge in [0.15, 0.2) is 0 Å². The summed E-state index contributed by atoms with van der Waals surface area (Å²) in [6, 6.07) is 18.5. The van der Waals surface area contributed by atoms with Gasteiger partial charge in [-0.2, -0.15) is 0 Å². The Bertz CT molecular complexity index is 1180. The second-order valence-electron chi connectivity index (χ2n) is 7.15. The highest BCUT2D eigenvalue weighted by Gasteiger charge is 2.27. The number of rotatable bonds is 6. The zero-order chi connectivity index (χ0) is 21.9. The molecule has 0 saturated carbocycles. The summed E-state index contributed by atoms with van der Waals surface area (Å²) in [5.74, 6) is -0.434. The Labute approximate surface area is 182 Å². The molecule has 0 fully saturated rings. The first-order valence-corrected chi connectivity index (χ1v) is 11.2. The number of aryl methyl sites for hydroxylation is 3. The Hall–Kier alpha value is -2.83. The highest BCUT2D eigenvalue weighted by atomic mass is 35.5. The molecule has 0 aliphatic carbocycles. The van der Waals surface area contributed by atoms with Crippen molar-refractivity contribution in [3.05, 3.63) is 88.4 Å². The first kappa shape index (κ1) is 21.9. The van der Waals surface area contributed by atoms with Crippen LogP contribution in [0, 0.1) is 20.8 Å². The van der Waals surface area contributed by atoms with Crippen molar-refractivity contribution in [2.75, 3.05) is 16.2 Å². The summed E-state index contributed by atoms with van der Waals surface area (Å²) in [6.45, 7) is 5.41. The molecule has 0 atom stereocenters. The smallest absolute Gasteiger partial charge is 0.264 e. The van der Waals surface area contributed by atoms with Crippen LogP contribution in [0.1, 0.15) is 16.7 Å². The molecular weight excluding hydrogens is 420 g/mol. The van der Waals surface area contributed by atoms with Gasteiger partial charge in [0, 0.05) is 10.7 Å². The van der Waals surface area contributed by atoms with E-state index >= 15 is 0 Å². The van der Waals surface area contributed by atoms with Crippen LogP contribution in [-0.4, -0.2) is 20.9 Å². The molecule has 5 nitrogen and oxygen atoms in total. The monoisotopic (exact) mass is 442 g/mol. The van der Waals surface area contributed by atoms with Crippen molar-refractivity contribution in [1.29, 1.82) is 0 Å². The van der Waals surface area contributed by atoms with Gasteiger partial charge in [-0.05, 0) is 86.0 Å². The van der Waals surface area contributed by atoms with E-state index in [4.69, 9.17) is 11.6 Å². The van der Waals surface area contributed by atoms with E-state index in [1.807, 2.05) is 45.0 Å². The predicted octanol–water partition coefficient (Wildman–Crippen LogP) is 5.10. The Kier molecular flexibility index (Phi) is 6.48. The fourth-order valence-electron chi connectivity index (χ4n) is 2.98. The minimum absolute atomic E-state index is 0.0634. The molecule has 1 amide bonds. The molecule has 0 bridgehead atoms. The third-order valence-electron chi connectivity index (χ3n) is 4.77. The molecule has 0 aliphatic heterocycles. The van der Waals surface area contributed by atoms with Crippen LogP contribution in [0.25, 0.3) is 0 Å². The first-order valence-electron chi connectivity index (χ1n) is 9.39. The highest BCUT2D eigenvalue weighted by molar-refractivity contribution is 7.92. The van der Waals surface area contributed by atoms with Gasteiger partial charge in [0.05, 0.1) is 10.6 Å². The number of nitrogens with one attached hydrogen (secondary N) is 1. The van der Waals surface area contributed by atoms with Gasteiger partial charge in [-0.3, -0.25) is 9.10 Å². The number of hydrogen-bond donors (Lipinski definition) is 1. The Morgan fingerprint density at radius 3 is 2.27 bits per heavy atom. The quantitative estimate of drug-likeness (QED) is 0.577. The van der Waals surface area contributed by atoms with Crippen molar-refractivity contribution in [3.63, 3.8) is 0 Å². The van der Waals surface area contributed by atoms with E-state index in [0.29, 0.717) is 16.4 Å². The van der Waals surface area contributed by atoms with E-state index in [2.05, 4.69) is 5.32 Å². The average molecular weight is 443 g/mol. The van der Waals surface area contributed by atoms with Crippen molar-refractivity contribution in [1.82, 2.24) is 0 Å². The third-order valence-corrected chi connectivity index (χ3v) is 6.81. The molecule has 0 aromatic heterocycles. The maximum atomic E-state index is 13.4. The Morgan fingerprint density at radius 2 is 1.63 bits per heavy atom. The lowest BCUT2D eigenvalue weighted by atomic mass is 10.1. The van der Waals surface area contributed by atoms with E-state index in [1.54, 1.807) is 18.2 Å². The predicted molar refractivity (Wildman–Crippen MR) is 122 cm³/mol. The summed E-state index contributed by atoms with van der Waals surface area (Å²) >= 11 is 5.91. The number of nitrogens with zero attached hydrogens (tertiary/aromatic N) is 1. The SMILES string of the molecule is Cc1cccc(NC(=O)CN(c2ccc(C)c(C)c2)S(=O)(=O)c2ccc(Cl)cc2)c1. The minimum Gasteiger partial charge on any atom is -0.325 e. The number of anilines is 2. The summed E-state index contributed by atoms with van der Waals surface area (Å²) in [5.41, 5.74) is 4.00. The minimum atomic E-state index is -3.98. The van der Waals surface area contributed by atoms with Gasteiger partial charge < -0.3 is 5.32 Å². The highest BCUT2D eigenvalue weighted by Crippen LogP contribution is 2.26. The van der Waals surface area contributed by atoms with Crippen molar-refractivity contribution in [3.8, 4) is 0 Å². The summed E-state index contributed by atoms with van der Waals surface area (Å²) in [7, 11) is -3.98. The van der Waals surface area contributed by atoms with Crippen LogP contribution in [0.3, 0.4) is 0 Å². The van der Waals surface area contributed by atoms with Gasteiger partial charge >= 0.3 is 0 Å². The Morgan fingerprint density at radius 1 is 0.933 bits per heavy atom. The molecule has 0 aliphatic rings. The standard InChI is InChI=1S/C23H23ClN2O3S/c1-16-5-4-6-20(13-16)25-23(27)15-26(21-10-7-17(2)18(3)14-21)30(28,29)22-11-8-19(24)9-12-22/h4-14H,15H2,1-3H3,(H,25,27). The van der Waals surface area contributed by atoms with Crippen LogP contribution >= 0.6 is 11.6 Å². The number of sulfonamides is 1. The van der Waals surface area contributed by atoms with Crippen LogP contribution < -0.4 is 9.62 Å². The number of carbonyl (C=O) groups excluding carboxylic acids is 1. The van der Waals surface area contributed by atoms with E-state index < -0.39 is 15.9 Å². The normalized spacial score (nSPS) is 11.2. The molecule has 3 rings (SSSR count). The molecule has 7 heteroatoms. The molecule has 156 valence electrons. The first-order chi connectivity index (χ1) is 14.2. The summed E-state index contributed by atoms with van der Waals surface area (Å²) < 4.78 is 27.9. The van der Waals surface area contributed by atoms with Gasteiger partial charge in [0.2, 0.25) is 5.91 Å². The fourth-order valence-corrected chi connectivity index (χ4v) is 4.52. The van der Waals surface area contributed by atoms with Crippen LogP contribution in [0.4, 0.5) is 11.4 Å². The second-order valence-corrected chi connectivity index (χ2v) is 9.45. The molecule has 0 radical (unpaired) electrons. The maximum absolute atomic E-state index is 13.4. The van der Waals surface area contributed by atoms with Gasteiger partial charge in [0.1, 0.15) is 6.54 Å². The van der Waals surface area contributed by atoms with Crippen LogP contribution in [-0.2, 0) is 14.8 Å². The van der Waals surface area contributed by atoms with E-state index in [9.17, 15) is 13.2 Å². The summed E-state index contributed by atoms with van der Waals surface area (Å²) in [4.78, 5) is 12.8. The molecule has 3 aromatic carbocycles. The fraction of sp³-hybridized carbons (Fsp3) is 0.174. The Balaban J connectivity index is 1.97. The molecule has 0 saturated heterocycles. The van der Waals surface area contributed by atoms with Crippen molar-refractivity contribution < 1.29 is 13.2 Å². The van der Waals surface area contributed by atoms with Crippen LogP contribution in [0.15, 0.2) is 71.6 Å². The number of hydrogen-bond acceptors (Lipinski definition) is 3. The zero-order valence-electron chi connectivity index (χ0n) is 17.0. The zero-order valence-corrected chi connectivity index (χ0v) is 18.6. The van der Waals surface area contributed by atoms with Crippen molar-refractivity contribution in [2.45, 2.75) is 25.7 Å². The van der Waals surface area contributed by atoms with E-state index in [1.165, 1.54) is 24.3 Å². The lowest BCUT2D eigenvalue weighted by molar-refractivity contribution is -0.114. The lowest BCUT2D eigenvalue weighted by Gasteiger charge is -2.25. The largest absolute Gasteiger partial charge is 0.325 e. The van der Waals surface area contributed by atoms with Gasteiger partial charge in [-0.1, -0.05) is 29.8 Å². The number of benzene rings is 3. The molecule has 0 spiro atoms. The molecule has 0 heterocycles. The van der Waals surface area contributed by atoms with Crippen LogP contribution in [0.5, 0.6) is 0 Å². The number of amides is 1. The summed E-state index contributed by atoms with van der Waals surface area (Å²) in [5, 5.41) is 3.21. The molecule has 30 heavy (non-hydrogen) atoms. The molecule has 0 unspecified atom stereocenters. The summed E-state index contributed by atoms with van der Waals surface area (Å²) in [6.07, 6.45) is 0. The molecule has 3 aromatic rings. The molecule has 1 N–H and O–H groups in total. The third kappa shape index (κ3) is 5.01. The van der Waals surface area contributed by atoms with E-state index in [-0.39, 0.29) is 11.4 Å². The average Bonchev–Trinajstić information content (AvgIpc) is 2.68. The topological polar surface area (TPSA) is 66.5 Å². The molecular formula is C23H23ClN2O3S. The van der Waals surface area contributed by atoms with E-state index in [0.717, 1.165) is 21.0 Å². The van der Waals surface area contributed by atoms with Gasteiger partial charge in [0.25, 0.3) is 10.0 Å².